The molecule has 3 rings (SSSR count). The molecule has 1 aromatic carbocycles. The maximum absolute atomic E-state index is 12.0. The smallest absolute Gasteiger partial charge is 0.410 e. The van der Waals surface area contributed by atoms with Crippen molar-refractivity contribution in [3.05, 3.63) is 50.6 Å². The second kappa shape index (κ2) is 6.50. The summed E-state index contributed by atoms with van der Waals surface area (Å²) in [5.41, 5.74) is 2.34. The van der Waals surface area contributed by atoms with Crippen molar-refractivity contribution in [1.29, 1.82) is 0 Å². The summed E-state index contributed by atoms with van der Waals surface area (Å²) in [6, 6.07) is 9.23. The fourth-order valence-corrected chi connectivity index (χ4v) is 3.25. The van der Waals surface area contributed by atoms with Crippen LogP contribution in [0.3, 0.4) is 0 Å². The van der Waals surface area contributed by atoms with Gasteiger partial charge in [-0.15, -0.1) is 11.3 Å². The van der Waals surface area contributed by atoms with E-state index < -0.39 is 0 Å². The minimum Gasteiger partial charge on any atom is -0.448 e. The van der Waals surface area contributed by atoms with Crippen molar-refractivity contribution in [1.82, 2.24) is 4.90 Å². The van der Waals surface area contributed by atoms with Crippen molar-refractivity contribution in [2.75, 3.05) is 18.5 Å². The molecule has 22 heavy (non-hydrogen) atoms. The highest BCUT2D eigenvalue weighted by molar-refractivity contribution is 9.11. The number of nitrogens with zero attached hydrogens (tertiary/aromatic N) is 1. The molecule has 2 aromatic rings. The van der Waals surface area contributed by atoms with Gasteiger partial charge in [-0.25, -0.2) is 4.79 Å². The molecule has 0 saturated carbocycles. The lowest BCUT2D eigenvalue weighted by Gasteiger charge is -2.12. The Labute approximate surface area is 140 Å². The standard InChI is InChI=1S/C15H13BrN2O3S/c16-13-7-11(9-22-13)14(19)17-12-3-1-10(2-4-12)8-18-5-6-21-15(18)20/h1-4,7,9H,5-6,8H2,(H,17,19). The van der Waals surface area contributed by atoms with Gasteiger partial charge in [0.1, 0.15) is 6.61 Å². The van der Waals surface area contributed by atoms with Crippen LogP contribution in [0.2, 0.25) is 0 Å². The lowest BCUT2D eigenvalue weighted by molar-refractivity contribution is 0.102. The topological polar surface area (TPSA) is 58.6 Å². The van der Waals surface area contributed by atoms with Crippen LogP contribution in [0.25, 0.3) is 0 Å². The normalized spacial score (nSPS) is 14.0. The average molecular weight is 381 g/mol. The summed E-state index contributed by atoms with van der Waals surface area (Å²) < 4.78 is 5.81. The van der Waals surface area contributed by atoms with E-state index in [1.807, 2.05) is 24.3 Å². The lowest BCUT2D eigenvalue weighted by atomic mass is 10.2. The molecule has 5 nitrogen and oxygen atoms in total. The van der Waals surface area contributed by atoms with Crippen molar-refractivity contribution in [3.63, 3.8) is 0 Å². The van der Waals surface area contributed by atoms with Crippen LogP contribution in [0, 0.1) is 0 Å². The third kappa shape index (κ3) is 3.48. The zero-order chi connectivity index (χ0) is 15.5. The van der Waals surface area contributed by atoms with Crippen molar-refractivity contribution < 1.29 is 14.3 Å². The van der Waals surface area contributed by atoms with Crippen LogP contribution in [0.4, 0.5) is 10.5 Å². The highest BCUT2D eigenvalue weighted by Crippen LogP contribution is 2.22. The molecule has 7 heteroatoms. The van der Waals surface area contributed by atoms with Gasteiger partial charge in [0.2, 0.25) is 0 Å². The van der Waals surface area contributed by atoms with Crippen molar-refractivity contribution in [2.24, 2.45) is 0 Å². The first kappa shape index (κ1) is 15.1. The molecule has 2 heterocycles. The van der Waals surface area contributed by atoms with E-state index in [-0.39, 0.29) is 12.0 Å². The third-order valence-corrected chi connectivity index (χ3v) is 4.76. The molecule has 0 spiro atoms. The molecule has 1 fully saturated rings. The molecule has 1 aliphatic rings. The van der Waals surface area contributed by atoms with Crippen LogP contribution < -0.4 is 5.32 Å². The number of hydrogen-bond donors (Lipinski definition) is 1. The number of anilines is 1. The van der Waals surface area contributed by atoms with Gasteiger partial charge < -0.3 is 15.0 Å². The van der Waals surface area contributed by atoms with Crippen molar-refractivity contribution in [2.45, 2.75) is 6.54 Å². The second-order valence-corrected chi connectivity index (χ2v) is 7.12. The first-order valence-corrected chi connectivity index (χ1v) is 8.35. The molecule has 1 aromatic heterocycles. The Morgan fingerprint density at radius 1 is 1.36 bits per heavy atom. The summed E-state index contributed by atoms with van der Waals surface area (Å²) in [6.07, 6.45) is -0.277. The largest absolute Gasteiger partial charge is 0.448 e. The van der Waals surface area contributed by atoms with E-state index in [0.717, 1.165) is 15.0 Å². The molecule has 0 aliphatic carbocycles. The SMILES string of the molecule is O=C(Nc1ccc(CN2CCOC2=O)cc1)c1csc(Br)c1. The Kier molecular flexibility index (Phi) is 4.44. The van der Waals surface area contributed by atoms with Crippen LogP contribution >= 0.6 is 27.3 Å². The van der Waals surface area contributed by atoms with Gasteiger partial charge in [-0.05, 0) is 39.7 Å². The zero-order valence-electron chi connectivity index (χ0n) is 11.5. The Morgan fingerprint density at radius 2 is 2.14 bits per heavy atom. The van der Waals surface area contributed by atoms with Gasteiger partial charge in [0.05, 0.1) is 15.9 Å². The van der Waals surface area contributed by atoms with Gasteiger partial charge in [-0.1, -0.05) is 12.1 Å². The summed E-state index contributed by atoms with van der Waals surface area (Å²) in [6.45, 7) is 1.58. The first-order chi connectivity index (χ1) is 10.6. The second-order valence-electron chi connectivity index (χ2n) is 4.83. The summed E-state index contributed by atoms with van der Waals surface area (Å²) >= 11 is 4.81. The van der Waals surface area contributed by atoms with E-state index in [2.05, 4.69) is 21.2 Å². The third-order valence-electron chi connectivity index (χ3n) is 3.26. The summed E-state index contributed by atoms with van der Waals surface area (Å²) in [5, 5.41) is 4.64. The molecule has 0 radical (unpaired) electrons. The highest BCUT2D eigenvalue weighted by Gasteiger charge is 2.21. The Bertz CT molecular complexity index is 699. The quantitative estimate of drug-likeness (QED) is 0.879. The fourth-order valence-electron chi connectivity index (χ4n) is 2.12. The molecule has 0 unspecified atom stereocenters. The van der Waals surface area contributed by atoms with E-state index in [0.29, 0.717) is 25.3 Å². The number of carbonyl (C=O) groups excluding carboxylic acids is 2. The zero-order valence-corrected chi connectivity index (χ0v) is 13.9. The van der Waals surface area contributed by atoms with Crippen LogP contribution in [0.1, 0.15) is 15.9 Å². The highest BCUT2D eigenvalue weighted by atomic mass is 79.9. The maximum Gasteiger partial charge on any atom is 0.410 e. The van der Waals surface area contributed by atoms with Gasteiger partial charge in [-0.2, -0.15) is 0 Å². The summed E-state index contributed by atoms with van der Waals surface area (Å²) in [4.78, 5) is 25.1. The van der Waals surface area contributed by atoms with E-state index in [1.165, 1.54) is 11.3 Å². The van der Waals surface area contributed by atoms with Gasteiger partial charge >= 0.3 is 6.09 Å². The predicted molar refractivity (Wildman–Crippen MR) is 88.2 cm³/mol. The number of carbonyl (C=O) groups is 2. The first-order valence-electron chi connectivity index (χ1n) is 6.68. The molecule has 1 N–H and O–H groups in total. The van der Waals surface area contributed by atoms with Gasteiger partial charge in [0, 0.05) is 17.6 Å². The molecule has 2 amide bonds. The molecule has 0 bridgehead atoms. The molecule has 1 aliphatic heterocycles. The Hall–Kier alpha value is -1.86. The molecular weight excluding hydrogens is 368 g/mol. The number of amides is 2. The van der Waals surface area contributed by atoms with Crippen LogP contribution in [0.5, 0.6) is 0 Å². The number of ether oxygens (including phenoxy) is 1. The Balaban J connectivity index is 1.61. The number of rotatable bonds is 4. The van der Waals surface area contributed by atoms with Crippen molar-refractivity contribution >= 4 is 45.0 Å². The van der Waals surface area contributed by atoms with Gasteiger partial charge in [0.25, 0.3) is 5.91 Å². The van der Waals surface area contributed by atoms with Crippen LogP contribution in [0.15, 0.2) is 39.5 Å². The summed E-state index contributed by atoms with van der Waals surface area (Å²) in [7, 11) is 0. The van der Waals surface area contributed by atoms with E-state index in [9.17, 15) is 9.59 Å². The number of benzene rings is 1. The van der Waals surface area contributed by atoms with Gasteiger partial charge in [-0.3, -0.25) is 4.79 Å². The van der Waals surface area contributed by atoms with E-state index >= 15 is 0 Å². The number of hydrogen-bond acceptors (Lipinski definition) is 4. The predicted octanol–water partition coefficient (Wildman–Crippen LogP) is 3.72. The Morgan fingerprint density at radius 3 is 2.73 bits per heavy atom. The molecular formula is C15H13BrN2O3S. The van der Waals surface area contributed by atoms with E-state index in [1.54, 1.807) is 16.3 Å². The van der Waals surface area contributed by atoms with Crippen molar-refractivity contribution in [3.8, 4) is 0 Å². The number of halogens is 1. The summed E-state index contributed by atoms with van der Waals surface area (Å²) in [5.74, 6) is -0.141. The average Bonchev–Trinajstić information content (AvgIpc) is 3.10. The van der Waals surface area contributed by atoms with E-state index in [4.69, 9.17) is 4.74 Å². The molecule has 114 valence electrons. The maximum atomic E-state index is 12.0. The fraction of sp³-hybridized carbons (Fsp3) is 0.200. The molecule has 0 atom stereocenters. The van der Waals surface area contributed by atoms with Gasteiger partial charge in [0.15, 0.2) is 0 Å². The minimum absolute atomic E-state index is 0.141. The number of cyclic esters (lactones) is 1. The monoisotopic (exact) mass is 380 g/mol. The lowest BCUT2D eigenvalue weighted by Crippen LogP contribution is -2.23. The number of nitrogens with one attached hydrogen (secondary N) is 1. The molecule has 1 saturated heterocycles. The minimum atomic E-state index is -0.277. The van der Waals surface area contributed by atoms with Crippen LogP contribution in [-0.2, 0) is 11.3 Å². The number of thiophene rings is 1. The van der Waals surface area contributed by atoms with Crippen LogP contribution in [-0.4, -0.2) is 30.1 Å².